The number of sulfonamides is 2. The maximum atomic E-state index is 13.7. The molecule has 42 heavy (non-hydrogen) atoms. The van der Waals surface area contributed by atoms with Crippen LogP contribution in [0.15, 0.2) is 88.8 Å². The Morgan fingerprint density at radius 1 is 0.905 bits per heavy atom. The van der Waals surface area contributed by atoms with Crippen molar-refractivity contribution in [3.63, 3.8) is 0 Å². The third kappa shape index (κ3) is 6.42. The summed E-state index contributed by atoms with van der Waals surface area (Å²) in [6.45, 7) is 1.59. The van der Waals surface area contributed by atoms with E-state index in [9.17, 15) is 26.0 Å². The van der Waals surface area contributed by atoms with E-state index in [-0.39, 0.29) is 39.5 Å². The van der Waals surface area contributed by atoms with Crippen molar-refractivity contribution in [1.29, 1.82) is 0 Å². The van der Waals surface area contributed by atoms with Crippen molar-refractivity contribution in [2.24, 2.45) is 0 Å². The Hall–Kier alpha value is -4.76. The van der Waals surface area contributed by atoms with Gasteiger partial charge in [-0.05, 0) is 73.7 Å². The Labute approximate surface area is 241 Å². The zero-order valence-corrected chi connectivity index (χ0v) is 23.7. The maximum absolute atomic E-state index is 13.7. The number of anilines is 3. The van der Waals surface area contributed by atoms with E-state index in [0.29, 0.717) is 18.1 Å². The first kappa shape index (κ1) is 28.8. The zero-order chi connectivity index (χ0) is 29.9. The Bertz CT molecular complexity index is 1840. The van der Waals surface area contributed by atoms with Gasteiger partial charge in [-0.3, -0.25) is 9.10 Å². The summed E-state index contributed by atoms with van der Waals surface area (Å²) in [5.41, 5.74) is 0.834. The lowest BCUT2D eigenvalue weighted by Gasteiger charge is -2.25. The quantitative estimate of drug-likeness (QED) is 0.289. The van der Waals surface area contributed by atoms with Crippen LogP contribution >= 0.6 is 0 Å². The van der Waals surface area contributed by atoms with Crippen molar-refractivity contribution in [1.82, 2.24) is 9.97 Å². The summed E-state index contributed by atoms with van der Waals surface area (Å²) in [4.78, 5) is 20.7. The fraction of sp³-hybridized carbons (Fsp3) is 0.148. The Kier molecular flexibility index (Phi) is 7.95. The van der Waals surface area contributed by atoms with Crippen molar-refractivity contribution in [3.05, 3.63) is 90.5 Å². The fourth-order valence-corrected chi connectivity index (χ4v) is 6.35. The summed E-state index contributed by atoms with van der Waals surface area (Å²) in [7, 11) is -8.35. The number of hydrogen-bond acceptors (Lipinski definition) is 9. The largest absolute Gasteiger partial charge is 0.486 e. The molecule has 0 aliphatic carbocycles. The molecule has 2 heterocycles. The fourth-order valence-electron chi connectivity index (χ4n) is 3.96. The number of carbonyl (C=O) groups excluding carboxylic acids is 1. The van der Waals surface area contributed by atoms with Crippen molar-refractivity contribution >= 4 is 43.3 Å². The topological polar surface area (TPSA) is 157 Å². The van der Waals surface area contributed by atoms with E-state index in [1.54, 1.807) is 13.0 Å². The lowest BCUT2D eigenvalue weighted by Crippen LogP contribution is -2.38. The Morgan fingerprint density at radius 3 is 2.26 bits per heavy atom. The molecular weight excluding hydrogens is 589 g/mol. The molecule has 0 atom stereocenters. The smallest absolute Gasteiger partial charge is 0.264 e. The molecule has 4 aromatic rings. The van der Waals surface area contributed by atoms with Gasteiger partial charge in [0.25, 0.3) is 20.0 Å². The number of carbonyl (C=O) groups is 1. The summed E-state index contributed by atoms with van der Waals surface area (Å²) in [6.07, 6.45) is 1.42. The second kappa shape index (κ2) is 11.6. The highest BCUT2D eigenvalue weighted by Gasteiger charge is 2.29. The van der Waals surface area contributed by atoms with Crippen LogP contribution in [0.3, 0.4) is 0 Å². The molecule has 5 rings (SSSR count). The highest BCUT2D eigenvalue weighted by atomic mass is 32.2. The molecule has 1 aliphatic rings. The second-order valence-corrected chi connectivity index (χ2v) is 12.5. The summed E-state index contributed by atoms with van der Waals surface area (Å²) in [6, 6.07) is 15.6. The van der Waals surface area contributed by atoms with Crippen molar-refractivity contribution < 1.29 is 35.5 Å². The van der Waals surface area contributed by atoms with E-state index >= 15 is 0 Å². The molecule has 3 aromatic carbocycles. The van der Waals surface area contributed by atoms with Crippen molar-refractivity contribution in [3.8, 4) is 11.5 Å². The van der Waals surface area contributed by atoms with Gasteiger partial charge in [0.05, 0.1) is 15.5 Å². The number of hydrogen-bond donors (Lipinski definition) is 2. The molecule has 0 bridgehead atoms. The van der Waals surface area contributed by atoms with E-state index in [4.69, 9.17) is 9.47 Å². The molecule has 0 unspecified atom stereocenters. The molecule has 0 fully saturated rings. The minimum atomic E-state index is -4.33. The number of nitrogens with one attached hydrogen (secondary N) is 2. The number of benzene rings is 3. The number of ether oxygens (including phenoxy) is 2. The summed E-state index contributed by atoms with van der Waals surface area (Å²) < 4.78 is 80.5. The molecule has 12 nitrogen and oxygen atoms in total. The Balaban J connectivity index is 1.35. The van der Waals surface area contributed by atoms with Crippen LogP contribution in [0.1, 0.15) is 5.69 Å². The molecule has 2 N–H and O–H groups in total. The highest BCUT2D eigenvalue weighted by Crippen LogP contribution is 2.34. The normalized spacial score (nSPS) is 12.8. The third-order valence-electron chi connectivity index (χ3n) is 5.97. The number of halogens is 1. The van der Waals surface area contributed by atoms with Crippen molar-refractivity contribution in [2.75, 3.05) is 34.1 Å². The SMILES string of the molecule is Cc1ccnc(NS(=O)(=O)c2ccc(NC(=O)CN(c3ccc(F)cc3)S(=O)(=O)c3ccc4c(c3)OCCO4)cc2)n1. The summed E-state index contributed by atoms with van der Waals surface area (Å²) >= 11 is 0. The van der Waals surface area contributed by atoms with Gasteiger partial charge in [0, 0.05) is 23.6 Å². The van der Waals surface area contributed by atoms with Crippen LogP contribution in [0.4, 0.5) is 21.7 Å². The van der Waals surface area contributed by atoms with E-state index in [0.717, 1.165) is 16.4 Å². The van der Waals surface area contributed by atoms with Gasteiger partial charge in [0.2, 0.25) is 11.9 Å². The van der Waals surface area contributed by atoms with Crippen LogP contribution in [-0.4, -0.2) is 52.5 Å². The lowest BCUT2D eigenvalue weighted by molar-refractivity contribution is -0.114. The predicted molar refractivity (Wildman–Crippen MR) is 151 cm³/mol. The Morgan fingerprint density at radius 2 is 1.57 bits per heavy atom. The van der Waals surface area contributed by atoms with Crippen LogP contribution in [0, 0.1) is 12.7 Å². The van der Waals surface area contributed by atoms with E-state index in [2.05, 4.69) is 20.0 Å². The molecule has 1 aliphatic heterocycles. The second-order valence-electron chi connectivity index (χ2n) is 8.99. The van der Waals surface area contributed by atoms with Crippen LogP contribution in [0.5, 0.6) is 11.5 Å². The molecule has 0 spiro atoms. The molecule has 1 amide bonds. The monoisotopic (exact) mass is 613 g/mol. The van der Waals surface area contributed by atoms with Crippen LogP contribution in [0.2, 0.25) is 0 Å². The van der Waals surface area contributed by atoms with Gasteiger partial charge in [-0.1, -0.05) is 0 Å². The molecule has 0 radical (unpaired) electrons. The van der Waals surface area contributed by atoms with Crippen LogP contribution in [-0.2, 0) is 24.8 Å². The van der Waals surface area contributed by atoms with E-state index in [1.165, 1.54) is 60.8 Å². The molecule has 0 saturated heterocycles. The first-order valence-electron chi connectivity index (χ1n) is 12.4. The van der Waals surface area contributed by atoms with Crippen LogP contribution in [0.25, 0.3) is 0 Å². The first-order chi connectivity index (χ1) is 20.0. The van der Waals surface area contributed by atoms with Gasteiger partial charge >= 0.3 is 0 Å². The molecular formula is C27H24FN5O7S2. The number of fused-ring (bicyclic) bond motifs is 1. The first-order valence-corrected chi connectivity index (χ1v) is 15.3. The minimum absolute atomic E-state index is 0.0484. The molecule has 218 valence electrons. The average Bonchev–Trinajstić information content (AvgIpc) is 2.96. The number of aromatic nitrogens is 2. The summed E-state index contributed by atoms with van der Waals surface area (Å²) in [5.74, 6) is -0.782. The van der Waals surface area contributed by atoms with E-state index in [1.807, 2.05) is 0 Å². The van der Waals surface area contributed by atoms with Gasteiger partial charge in [0.15, 0.2) is 11.5 Å². The van der Waals surface area contributed by atoms with Crippen molar-refractivity contribution in [2.45, 2.75) is 16.7 Å². The number of amides is 1. The number of aryl methyl sites for hydroxylation is 1. The standard InChI is InChI=1S/C27H24FN5O7S2/c1-18-12-13-29-27(30-18)32-41(35,36)22-8-4-20(5-9-22)31-26(34)17-33(21-6-2-19(28)3-7-21)42(37,38)23-10-11-24-25(16-23)40-15-14-39-24/h2-13,16H,14-15,17H2,1H3,(H,31,34)(H,29,30,32). The third-order valence-corrected chi connectivity index (χ3v) is 9.09. The van der Waals surface area contributed by atoms with Gasteiger partial charge in [-0.2, -0.15) is 0 Å². The van der Waals surface area contributed by atoms with Gasteiger partial charge in [-0.25, -0.2) is 35.9 Å². The van der Waals surface area contributed by atoms with Gasteiger partial charge in [-0.15, -0.1) is 0 Å². The minimum Gasteiger partial charge on any atom is -0.486 e. The lowest BCUT2D eigenvalue weighted by atomic mass is 10.3. The maximum Gasteiger partial charge on any atom is 0.264 e. The van der Waals surface area contributed by atoms with E-state index < -0.39 is 38.3 Å². The molecule has 1 aromatic heterocycles. The van der Waals surface area contributed by atoms with Gasteiger partial charge < -0.3 is 14.8 Å². The average molecular weight is 614 g/mol. The predicted octanol–water partition coefficient (Wildman–Crippen LogP) is 3.33. The number of rotatable bonds is 9. The van der Waals surface area contributed by atoms with Crippen LogP contribution < -0.4 is 23.8 Å². The highest BCUT2D eigenvalue weighted by molar-refractivity contribution is 7.93. The summed E-state index contributed by atoms with van der Waals surface area (Å²) in [5, 5.41) is 2.56. The van der Waals surface area contributed by atoms with Gasteiger partial charge in [0.1, 0.15) is 25.6 Å². The number of nitrogens with zero attached hydrogens (tertiary/aromatic N) is 3. The molecule has 0 saturated carbocycles. The zero-order valence-electron chi connectivity index (χ0n) is 22.0. The molecule has 15 heteroatoms.